The fourth-order valence-corrected chi connectivity index (χ4v) is 5.29. The Labute approximate surface area is 126 Å². The van der Waals surface area contributed by atoms with Gasteiger partial charge >= 0.3 is 11.9 Å². The zero-order chi connectivity index (χ0) is 15.7. The van der Waals surface area contributed by atoms with Crippen molar-refractivity contribution in [2.24, 2.45) is 22.7 Å². The minimum absolute atomic E-state index is 0.203. The Morgan fingerprint density at radius 2 is 1.52 bits per heavy atom. The van der Waals surface area contributed by atoms with E-state index in [4.69, 9.17) is 0 Å². The van der Waals surface area contributed by atoms with E-state index >= 15 is 0 Å². The van der Waals surface area contributed by atoms with E-state index < -0.39 is 23.3 Å². The van der Waals surface area contributed by atoms with E-state index in [1.807, 2.05) is 0 Å². The molecule has 2 atom stereocenters. The molecule has 120 valence electrons. The van der Waals surface area contributed by atoms with E-state index in [2.05, 4.69) is 13.8 Å². The lowest BCUT2D eigenvalue weighted by atomic mass is 9.45. The van der Waals surface area contributed by atoms with Gasteiger partial charge in [-0.1, -0.05) is 46.0 Å². The van der Waals surface area contributed by atoms with Gasteiger partial charge in [0.15, 0.2) is 0 Å². The maximum Gasteiger partial charge on any atom is 0.311 e. The van der Waals surface area contributed by atoms with Crippen molar-refractivity contribution in [3.8, 4) is 0 Å². The van der Waals surface area contributed by atoms with Gasteiger partial charge in [-0.3, -0.25) is 9.59 Å². The Morgan fingerprint density at radius 3 is 2.00 bits per heavy atom. The topological polar surface area (TPSA) is 74.6 Å². The predicted octanol–water partition coefficient (Wildman–Crippen LogP) is 3.94. The number of carboxylic acid groups (broad SMARTS) is 2. The molecule has 21 heavy (non-hydrogen) atoms. The molecule has 2 aliphatic rings. The highest BCUT2D eigenvalue weighted by Crippen LogP contribution is 2.62. The molecule has 0 aromatic heterocycles. The van der Waals surface area contributed by atoms with Crippen LogP contribution < -0.4 is 0 Å². The molecule has 4 nitrogen and oxygen atoms in total. The van der Waals surface area contributed by atoms with Gasteiger partial charge in [-0.15, -0.1) is 0 Å². The maximum absolute atomic E-state index is 12.3. The second kappa shape index (κ2) is 5.98. The predicted molar refractivity (Wildman–Crippen MR) is 80.0 cm³/mol. The molecule has 0 aliphatic heterocycles. The van der Waals surface area contributed by atoms with Gasteiger partial charge in [0.25, 0.3) is 0 Å². The molecule has 2 unspecified atom stereocenters. The van der Waals surface area contributed by atoms with Gasteiger partial charge in [0.1, 0.15) is 0 Å². The zero-order valence-electron chi connectivity index (χ0n) is 13.2. The van der Waals surface area contributed by atoms with Crippen LogP contribution in [0.3, 0.4) is 0 Å². The van der Waals surface area contributed by atoms with Crippen molar-refractivity contribution in [3.63, 3.8) is 0 Å². The lowest BCUT2D eigenvalue weighted by Gasteiger charge is -2.56. The molecule has 0 amide bonds. The molecule has 4 heteroatoms. The number of carbonyl (C=O) groups is 2. The summed E-state index contributed by atoms with van der Waals surface area (Å²) in [6.45, 7) is 4.17. The first-order valence-corrected chi connectivity index (χ1v) is 8.35. The summed E-state index contributed by atoms with van der Waals surface area (Å²) in [4.78, 5) is 24.2. The van der Waals surface area contributed by atoms with Crippen LogP contribution in [0, 0.1) is 22.7 Å². The van der Waals surface area contributed by atoms with Crippen LogP contribution in [0.15, 0.2) is 0 Å². The summed E-state index contributed by atoms with van der Waals surface area (Å²) >= 11 is 0. The van der Waals surface area contributed by atoms with Gasteiger partial charge in [0.05, 0.1) is 11.3 Å². The molecular weight excluding hydrogens is 268 g/mol. The van der Waals surface area contributed by atoms with Gasteiger partial charge in [0, 0.05) is 0 Å². The van der Waals surface area contributed by atoms with E-state index in [-0.39, 0.29) is 11.3 Å². The number of carboxylic acids is 2. The molecule has 0 bridgehead atoms. The molecule has 2 rings (SSSR count). The highest BCUT2D eigenvalue weighted by atomic mass is 16.4. The summed E-state index contributed by atoms with van der Waals surface area (Å²) < 4.78 is 0. The number of hydrogen-bond donors (Lipinski definition) is 2. The van der Waals surface area contributed by atoms with Gasteiger partial charge in [-0.2, -0.15) is 0 Å². The minimum atomic E-state index is -1.08. The Bertz CT molecular complexity index is 409. The molecule has 0 radical (unpaired) electrons. The molecule has 2 N–H and O–H groups in total. The van der Waals surface area contributed by atoms with Crippen LogP contribution in [0.2, 0.25) is 0 Å². The minimum Gasteiger partial charge on any atom is -0.481 e. The van der Waals surface area contributed by atoms with E-state index in [1.165, 1.54) is 0 Å². The lowest BCUT2D eigenvalue weighted by molar-refractivity contribution is -0.189. The second-order valence-corrected chi connectivity index (χ2v) is 7.28. The van der Waals surface area contributed by atoms with Crippen molar-refractivity contribution in [3.05, 3.63) is 0 Å². The highest BCUT2D eigenvalue weighted by Gasteiger charge is 2.63. The third-order valence-electron chi connectivity index (χ3n) is 6.33. The fraction of sp³-hybridized carbons (Fsp3) is 0.882. The van der Waals surface area contributed by atoms with Crippen molar-refractivity contribution in [1.29, 1.82) is 0 Å². The van der Waals surface area contributed by atoms with Crippen LogP contribution in [0.25, 0.3) is 0 Å². The Balaban J connectivity index is 2.57. The highest BCUT2D eigenvalue weighted by molar-refractivity contribution is 5.84. The van der Waals surface area contributed by atoms with Crippen LogP contribution in [0.5, 0.6) is 0 Å². The molecule has 0 heterocycles. The fourth-order valence-electron chi connectivity index (χ4n) is 5.29. The van der Waals surface area contributed by atoms with Crippen LogP contribution in [-0.2, 0) is 9.59 Å². The summed E-state index contributed by atoms with van der Waals surface area (Å²) in [5.74, 6) is -2.31. The zero-order valence-corrected chi connectivity index (χ0v) is 13.2. The SMILES string of the molecule is CC(C)C1(C2(C(=O)O)CCCCC2C(=O)O)CCCCC1. The molecular formula is C17H28O4. The van der Waals surface area contributed by atoms with Gasteiger partial charge in [0.2, 0.25) is 0 Å². The van der Waals surface area contributed by atoms with Gasteiger partial charge in [-0.25, -0.2) is 0 Å². The average Bonchev–Trinajstić information content (AvgIpc) is 2.47. The molecule has 2 saturated carbocycles. The Kier molecular flexibility index (Phi) is 4.64. The first-order valence-electron chi connectivity index (χ1n) is 8.35. The molecule has 2 fully saturated rings. The lowest BCUT2D eigenvalue weighted by Crippen LogP contribution is -2.59. The second-order valence-electron chi connectivity index (χ2n) is 7.28. The Morgan fingerprint density at radius 1 is 0.952 bits per heavy atom. The normalized spacial score (nSPS) is 32.8. The number of hydrogen-bond acceptors (Lipinski definition) is 2. The summed E-state index contributed by atoms with van der Waals surface area (Å²) in [7, 11) is 0. The molecule has 0 saturated heterocycles. The molecule has 0 aromatic rings. The quantitative estimate of drug-likeness (QED) is 0.824. The van der Waals surface area contributed by atoms with E-state index in [1.54, 1.807) is 0 Å². The van der Waals surface area contributed by atoms with Crippen molar-refractivity contribution in [2.45, 2.75) is 71.6 Å². The van der Waals surface area contributed by atoms with Crippen molar-refractivity contribution in [1.82, 2.24) is 0 Å². The first-order chi connectivity index (χ1) is 9.88. The van der Waals surface area contributed by atoms with Crippen molar-refractivity contribution < 1.29 is 19.8 Å². The summed E-state index contributed by atoms with van der Waals surface area (Å²) in [6, 6.07) is 0. The summed E-state index contributed by atoms with van der Waals surface area (Å²) in [5.41, 5.74) is -1.44. The van der Waals surface area contributed by atoms with Crippen LogP contribution >= 0.6 is 0 Å². The number of aliphatic carboxylic acids is 2. The summed E-state index contributed by atoms with van der Waals surface area (Å²) in [6.07, 6.45) is 7.63. The Hall–Kier alpha value is -1.06. The summed E-state index contributed by atoms with van der Waals surface area (Å²) in [5, 5.41) is 19.8. The standard InChI is InChI=1S/C17H28O4/c1-12(2)16(9-5-3-6-10-16)17(15(20)21)11-7-4-8-13(17)14(18)19/h12-13H,3-11H2,1-2H3,(H,18,19)(H,20,21). The molecule has 0 spiro atoms. The molecule has 0 aromatic carbocycles. The monoisotopic (exact) mass is 296 g/mol. The molecule has 2 aliphatic carbocycles. The third kappa shape index (κ3) is 2.36. The van der Waals surface area contributed by atoms with E-state index in [0.717, 1.165) is 44.9 Å². The number of rotatable bonds is 4. The maximum atomic E-state index is 12.3. The van der Waals surface area contributed by atoms with E-state index in [0.29, 0.717) is 12.8 Å². The van der Waals surface area contributed by atoms with Crippen LogP contribution in [-0.4, -0.2) is 22.2 Å². The smallest absolute Gasteiger partial charge is 0.311 e. The first kappa shape index (κ1) is 16.3. The van der Waals surface area contributed by atoms with Gasteiger partial charge in [-0.05, 0) is 37.0 Å². The van der Waals surface area contributed by atoms with Crippen molar-refractivity contribution in [2.75, 3.05) is 0 Å². The largest absolute Gasteiger partial charge is 0.481 e. The van der Waals surface area contributed by atoms with Crippen molar-refractivity contribution >= 4 is 11.9 Å². The van der Waals surface area contributed by atoms with Crippen LogP contribution in [0.1, 0.15) is 71.6 Å². The van der Waals surface area contributed by atoms with Crippen LogP contribution in [0.4, 0.5) is 0 Å². The third-order valence-corrected chi connectivity index (χ3v) is 6.33. The van der Waals surface area contributed by atoms with Gasteiger partial charge < -0.3 is 10.2 Å². The van der Waals surface area contributed by atoms with E-state index in [9.17, 15) is 19.8 Å². The average molecular weight is 296 g/mol.